The second-order valence-electron chi connectivity index (χ2n) is 3.67. The Balaban J connectivity index is 2.69. The Morgan fingerprint density at radius 1 is 1.20 bits per heavy atom. The topological polar surface area (TPSA) is 0 Å². The molecule has 0 heteroatoms. The Morgan fingerprint density at radius 3 is 2.30 bits per heavy atom. The summed E-state index contributed by atoms with van der Waals surface area (Å²) in [7, 11) is 0. The highest BCUT2D eigenvalue weighted by Gasteiger charge is 2.20. The van der Waals surface area contributed by atoms with Crippen LogP contribution >= 0.6 is 0 Å². The summed E-state index contributed by atoms with van der Waals surface area (Å²) in [5, 5.41) is 0. The molecule has 0 saturated heterocycles. The Labute approximate surface area is 64.3 Å². The summed E-state index contributed by atoms with van der Waals surface area (Å²) in [6.07, 6.45) is 3.69. The van der Waals surface area contributed by atoms with E-state index in [1.807, 2.05) is 0 Å². The van der Waals surface area contributed by atoms with Crippen LogP contribution < -0.4 is 0 Å². The smallest absolute Gasteiger partial charge is 0.00271 e. The van der Waals surface area contributed by atoms with Crippen LogP contribution in [0.4, 0.5) is 0 Å². The van der Waals surface area contributed by atoms with Gasteiger partial charge in [-0.15, -0.1) is 0 Å². The predicted molar refractivity (Wildman–Crippen MR) is 45.6 cm³/mol. The molecule has 0 bridgehead atoms. The van der Waals surface area contributed by atoms with Crippen LogP contribution in [-0.2, 0) is 0 Å². The van der Waals surface area contributed by atoms with Crippen molar-refractivity contribution in [2.45, 2.75) is 34.1 Å². The van der Waals surface area contributed by atoms with Crippen LogP contribution in [0.15, 0.2) is 11.6 Å². The third kappa shape index (κ3) is 1.42. The second kappa shape index (κ2) is 2.77. The van der Waals surface area contributed by atoms with Crippen molar-refractivity contribution in [2.24, 2.45) is 11.8 Å². The molecule has 2 atom stereocenters. The van der Waals surface area contributed by atoms with E-state index in [9.17, 15) is 0 Å². The Morgan fingerprint density at radius 2 is 1.80 bits per heavy atom. The van der Waals surface area contributed by atoms with Crippen LogP contribution in [0.2, 0.25) is 0 Å². The fourth-order valence-corrected chi connectivity index (χ4v) is 1.55. The standard InChI is InChI=1S/C10H17/c1-7-5-9(3)10(4)6-8(7)2/h5,8,10H,6H2,1-4H3. The molecule has 2 unspecified atom stereocenters. The molecule has 0 N–H and O–H groups in total. The van der Waals surface area contributed by atoms with Gasteiger partial charge in [-0.05, 0) is 31.1 Å². The molecule has 0 aliphatic heterocycles. The van der Waals surface area contributed by atoms with Crippen molar-refractivity contribution in [1.82, 2.24) is 0 Å². The van der Waals surface area contributed by atoms with Gasteiger partial charge in [0, 0.05) is 0 Å². The van der Waals surface area contributed by atoms with Gasteiger partial charge in [0.15, 0.2) is 0 Å². The highest BCUT2D eigenvalue weighted by atomic mass is 14.3. The lowest BCUT2D eigenvalue weighted by Gasteiger charge is -2.27. The van der Waals surface area contributed by atoms with Crippen LogP contribution in [-0.4, -0.2) is 0 Å². The predicted octanol–water partition coefficient (Wildman–Crippen LogP) is 3.20. The van der Waals surface area contributed by atoms with E-state index in [2.05, 4.69) is 33.8 Å². The minimum atomic E-state index is 0.804. The maximum absolute atomic E-state index is 2.35. The van der Waals surface area contributed by atoms with Crippen molar-refractivity contribution in [3.8, 4) is 0 Å². The summed E-state index contributed by atoms with van der Waals surface area (Å²) in [6, 6.07) is 0. The molecule has 1 rings (SSSR count). The molecule has 0 nitrogen and oxygen atoms in total. The maximum Gasteiger partial charge on any atom is -0.00271 e. The van der Waals surface area contributed by atoms with Gasteiger partial charge in [-0.25, -0.2) is 0 Å². The molecular formula is C10H17. The molecule has 10 heavy (non-hydrogen) atoms. The summed E-state index contributed by atoms with van der Waals surface area (Å²) in [5.74, 6) is 3.16. The minimum Gasteiger partial charge on any atom is -0.0783 e. The van der Waals surface area contributed by atoms with Gasteiger partial charge in [0.1, 0.15) is 0 Å². The average molecular weight is 137 g/mol. The summed E-state index contributed by atoms with van der Waals surface area (Å²) in [4.78, 5) is 0. The van der Waals surface area contributed by atoms with Crippen molar-refractivity contribution < 1.29 is 0 Å². The fourth-order valence-electron chi connectivity index (χ4n) is 1.55. The molecule has 0 fully saturated rings. The Hall–Kier alpha value is -0.260. The second-order valence-corrected chi connectivity index (χ2v) is 3.67. The van der Waals surface area contributed by atoms with Crippen molar-refractivity contribution in [3.63, 3.8) is 0 Å². The number of hydrogen-bond donors (Lipinski definition) is 0. The number of rotatable bonds is 0. The zero-order valence-corrected chi connectivity index (χ0v) is 7.44. The largest absolute Gasteiger partial charge is 0.0783 e. The van der Waals surface area contributed by atoms with Gasteiger partial charge in [-0.3, -0.25) is 0 Å². The lowest BCUT2D eigenvalue weighted by atomic mass is 9.78. The van der Waals surface area contributed by atoms with E-state index in [-0.39, 0.29) is 0 Å². The van der Waals surface area contributed by atoms with E-state index in [0.29, 0.717) is 0 Å². The monoisotopic (exact) mass is 137 g/mol. The molecule has 0 aromatic heterocycles. The zero-order valence-electron chi connectivity index (χ0n) is 7.44. The SMILES string of the molecule is C[C]1C=C(C)C(C)CC1C. The third-order valence-corrected chi connectivity index (χ3v) is 2.72. The molecule has 0 heterocycles. The van der Waals surface area contributed by atoms with Gasteiger partial charge in [0.2, 0.25) is 0 Å². The number of hydrogen-bond acceptors (Lipinski definition) is 0. The highest BCUT2D eigenvalue weighted by molar-refractivity contribution is 5.21. The third-order valence-electron chi connectivity index (χ3n) is 2.72. The summed E-state index contributed by atoms with van der Waals surface area (Å²) >= 11 is 0. The van der Waals surface area contributed by atoms with Gasteiger partial charge in [-0.1, -0.05) is 32.4 Å². The fraction of sp³-hybridized carbons (Fsp3) is 0.700. The minimum absolute atomic E-state index is 0.804. The first kappa shape index (κ1) is 7.84. The van der Waals surface area contributed by atoms with E-state index in [1.165, 1.54) is 6.42 Å². The molecule has 0 saturated carbocycles. The average Bonchev–Trinajstić information content (AvgIpc) is 1.84. The van der Waals surface area contributed by atoms with Crippen molar-refractivity contribution in [1.29, 1.82) is 0 Å². The Kier molecular flexibility index (Phi) is 2.18. The van der Waals surface area contributed by atoms with Crippen molar-refractivity contribution in [3.05, 3.63) is 17.6 Å². The van der Waals surface area contributed by atoms with Crippen LogP contribution in [0, 0.1) is 17.8 Å². The molecule has 57 valence electrons. The van der Waals surface area contributed by atoms with Gasteiger partial charge < -0.3 is 0 Å². The van der Waals surface area contributed by atoms with E-state index < -0.39 is 0 Å². The maximum atomic E-state index is 2.35. The van der Waals surface area contributed by atoms with Crippen LogP contribution in [0.1, 0.15) is 34.1 Å². The highest BCUT2D eigenvalue weighted by Crippen LogP contribution is 2.33. The van der Waals surface area contributed by atoms with Gasteiger partial charge in [-0.2, -0.15) is 0 Å². The molecule has 0 aromatic carbocycles. The molecule has 1 aliphatic rings. The summed E-state index contributed by atoms with van der Waals surface area (Å²) < 4.78 is 0. The number of allylic oxidation sites excluding steroid dienone is 2. The zero-order chi connectivity index (χ0) is 7.72. The van der Waals surface area contributed by atoms with Gasteiger partial charge in [0.05, 0.1) is 0 Å². The molecular weight excluding hydrogens is 120 g/mol. The lowest BCUT2D eigenvalue weighted by molar-refractivity contribution is 0.454. The molecule has 0 aromatic rings. The lowest BCUT2D eigenvalue weighted by Crippen LogP contribution is -2.15. The normalized spacial score (nSPS) is 35.8. The first-order valence-electron chi connectivity index (χ1n) is 4.13. The molecule has 0 spiro atoms. The quantitative estimate of drug-likeness (QED) is 0.481. The first-order valence-corrected chi connectivity index (χ1v) is 4.13. The first-order chi connectivity index (χ1) is 4.61. The van der Waals surface area contributed by atoms with E-state index in [0.717, 1.165) is 11.8 Å². The van der Waals surface area contributed by atoms with E-state index in [4.69, 9.17) is 0 Å². The van der Waals surface area contributed by atoms with Gasteiger partial charge >= 0.3 is 0 Å². The van der Waals surface area contributed by atoms with Crippen LogP contribution in [0.3, 0.4) is 0 Å². The molecule has 0 amide bonds. The van der Waals surface area contributed by atoms with Crippen molar-refractivity contribution in [2.75, 3.05) is 0 Å². The van der Waals surface area contributed by atoms with Gasteiger partial charge in [0.25, 0.3) is 0 Å². The van der Waals surface area contributed by atoms with E-state index in [1.54, 1.807) is 11.5 Å². The molecule has 1 radical (unpaired) electrons. The summed E-state index contributed by atoms with van der Waals surface area (Å²) in [5.41, 5.74) is 1.55. The molecule has 1 aliphatic carbocycles. The van der Waals surface area contributed by atoms with Crippen molar-refractivity contribution >= 4 is 0 Å². The van der Waals surface area contributed by atoms with E-state index >= 15 is 0 Å². The Bertz CT molecular complexity index is 144. The van der Waals surface area contributed by atoms with Crippen LogP contribution in [0.5, 0.6) is 0 Å². The summed E-state index contributed by atoms with van der Waals surface area (Å²) in [6.45, 7) is 9.10. The van der Waals surface area contributed by atoms with Crippen LogP contribution in [0.25, 0.3) is 0 Å².